The highest BCUT2D eigenvalue weighted by Crippen LogP contribution is 2.29. The molecule has 0 aliphatic rings. The fourth-order valence-electron chi connectivity index (χ4n) is 2.02. The Balaban J connectivity index is 2.02. The Morgan fingerprint density at radius 3 is 3.00 bits per heavy atom. The maximum absolute atomic E-state index is 10.4. The van der Waals surface area contributed by atoms with Gasteiger partial charge in [-0.05, 0) is 19.1 Å². The third-order valence-electron chi connectivity index (χ3n) is 3.05. The monoisotopic (exact) mass is 326 g/mol. The van der Waals surface area contributed by atoms with Crippen LogP contribution in [-0.4, -0.2) is 34.4 Å². The summed E-state index contributed by atoms with van der Waals surface area (Å²) in [5.41, 5.74) is 1.85. The quantitative estimate of drug-likeness (QED) is 0.793. The van der Waals surface area contributed by atoms with Crippen LogP contribution in [0.25, 0.3) is 0 Å². The van der Waals surface area contributed by atoms with Gasteiger partial charge >= 0.3 is 0 Å². The normalized spacial score (nSPS) is 12.6. The zero-order valence-electron chi connectivity index (χ0n) is 12.1. The largest absolute Gasteiger partial charge is 0.386 e. The molecule has 0 saturated carbocycles. The Bertz CT molecular complexity index is 589. The molecule has 6 heteroatoms. The minimum Gasteiger partial charge on any atom is -0.386 e. The second-order valence-corrected chi connectivity index (χ2v) is 6.24. The molecule has 0 radical (unpaired) electrons. The van der Waals surface area contributed by atoms with Gasteiger partial charge in [0.15, 0.2) is 0 Å². The van der Waals surface area contributed by atoms with E-state index in [1.165, 1.54) is 5.56 Å². The summed E-state index contributed by atoms with van der Waals surface area (Å²) in [6.45, 7) is 3.16. The van der Waals surface area contributed by atoms with Gasteiger partial charge < -0.3 is 9.84 Å². The number of nitrogens with zero attached hydrogens (tertiary/aromatic N) is 2. The van der Waals surface area contributed by atoms with Crippen LogP contribution in [0.1, 0.15) is 17.4 Å². The fourth-order valence-corrected chi connectivity index (χ4v) is 3.24. The number of aromatic nitrogens is 2. The lowest BCUT2D eigenvalue weighted by molar-refractivity contribution is 0.166. The van der Waals surface area contributed by atoms with Gasteiger partial charge in [-0.3, -0.25) is 4.68 Å². The summed E-state index contributed by atoms with van der Waals surface area (Å²) in [4.78, 5) is 1.13. The Labute approximate surface area is 134 Å². The lowest BCUT2D eigenvalue weighted by Gasteiger charge is -2.14. The summed E-state index contributed by atoms with van der Waals surface area (Å²) in [6, 6.07) is 8.20. The molecule has 0 amide bonds. The van der Waals surface area contributed by atoms with Crippen LogP contribution in [0.3, 0.4) is 0 Å². The van der Waals surface area contributed by atoms with Gasteiger partial charge in [0.2, 0.25) is 0 Å². The molecule has 1 atom stereocenters. The van der Waals surface area contributed by atoms with Gasteiger partial charge in [-0.15, -0.1) is 11.8 Å². The Hall–Kier alpha value is -1.01. The van der Waals surface area contributed by atoms with Crippen molar-refractivity contribution in [3.8, 4) is 0 Å². The Morgan fingerprint density at radius 1 is 1.48 bits per heavy atom. The summed E-state index contributed by atoms with van der Waals surface area (Å²) < 4.78 is 6.74. The number of aliphatic hydroxyl groups excluding tert-OH is 1. The molecule has 0 fully saturated rings. The molecule has 114 valence electrons. The van der Waals surface area contributed by atoms with E-state index in [0.29, 0.717) is 29.6 Å². The topological polar surface area (TPSA) is 47.3 Å². The molecule has 1 heterocycles. The number of hydrogen-bond acceptors (Lipinski definition) is 4. The van der Waals surface area contributed by atoms with Gasteiger partial charge in [-0.25, -0.2) is 0 Å². The van der Waals surface area contributed by atoms with Crippen molar-refractivity contribution in [3.63, 3.8) is 0 Å². The predicted octanol–water partition coefficient (Wildman–Crippen LogP) is 3.32. The van der Waals surface area contributed by atoms with Gasteiger partial charge in [0.25, 0.3) is 0 Å². The molecular formula is C15H19ClN2O2S. The van der Waals surface area contributed by atoms with E-state index in [1.807, 2.05) is 12.1 Å². The first-order valence-corrected chi connectivity index (χ1v) is 8.06. The SMILES string of the molecule is COCCn1ncc(Cl)c1C(O)CSc1cccc(C)c1. The summed E-state index contributed by atoms with van der Waals surface area (Å²) in [5, 5.41) is 15.1. The van der Waals surface area contributed by atoms with E-state index < -0.39 is 6.10 Å². The molecule has 4 nitrogen and oxygen atoms in total. The first-order chi connectivity index (χ1) is 10.1. The van der Waals surface area contributed by atoms with Gasteiger partial charge in [0, 0.05) is 17.8 Å². The zero-order chi connectivity index (χ0) is 15.2. The van der Waals surface area contributed by atoms with Crippen LogP contribution in [0, 0.1) is 6.92 Å². The smallest absolute Gasteiger partial charge is 0.106 e. The molecule has 1 aromatic carbocycles. The Morgan fingerprint density at radius 2 is 2.29 bits per heavy atom. The molecule has 2 rings (SSSR count). The van der Waals surface area contributed by atoms with E-state index in [9.17, 15) is 5.11 Å². The first-order valence-electron chi connectivity index (χ1n) is 6.69. The van der Waals surface area contributed by atoms with Crippen LogP contribution < -0.4 is 0 Å². The predicted molar refractivity (Wildman–Crippen MR) is 86.0 cm³/mol. The third kappa shape index (κ3) is 4.48. The highest BCUT2D eigenvalue weighted by atomic mass is 35.5. The number of benzene rings is 1. The number of halogens is 1. The van der Waals surface area contributed by atoms with Crippen molar-refractivity contribution in [3.05, 3.63) is 46.7 Å². The van der Waals surface area contributed by atoms with Crippen molar-refractivity contribution in [1.82, 2.24) is 9.78 Å². The second kappa shape index (κ2) is 7.84. The van der Waals surface area contributed by atoms with E-state index in [4.69, 9.17) is 16.3 Å². The molecule has 0 saturated heterocycles. The average molecular weight is 327 g/mol. The molecule has 0 aliphatic heterocycles. The number of methoxy groups -OCH3 is 1. The third-order valence-corrected chi connectivity index (χ3v) is 4.41. The van der Waals surface area contributed by atoms with Crippen molar-refractivity contribution in [2.75, 3.05) is 19.5 Å². The summed E-state index contributed by atoms with van der Waals surface area (Å²) >= 11 is 7.73. The molecule has 0 bridgehead atoms. The maximum atomic E-state index is 10.4. The van der Waals surface area contributed by atoms with Crippen molar-refractivity contribution in [2.24, 2.45) is 0 Å². The molecular weight excluding hydrogens is 308 g/mol. The summed E-state index contributed by atoms with van der Waals surface area (Å²) in [7, 11) is 1.63. The van der Waals surface area contributed by atoms with Crippen LogP contribution in [0.5, 0.6) is 0 Å². The number of rotatable bonds is 7. The van der Waals surface area contributed by atoms with Crippen molar-refractivity contribution in [1.29, 1.82) is 0 Å². The molecule has 2 aromatic rings. The van der Waals surface area contributed by atoms with E-state index in [1.54, 1.807) is 29.8 Å². The Kier molecular flexibility index (Phi) is 6.11. The van der Waals surface area contributed by atoms with Crippen LogP contribution in [-0.2, 0) is 11.3 Å². The van der Waals surface area contributed by atoms with Crippen LogP contribution in [0.2, 0.25) is 5.02 Å². The van der Waals surface area contributed by atoms with Gasteiger partial charge in [-0.2, -0.15) is 5.10 Å². The van der Waals surface area contributed by atoms with E-state index >= 15 is 0 Å². The highest BCUT2D eigenvalue weighted by Gasteiger charge is 2.18. The van der Waals surface area contributed by atoms with Crippen LogP contribution in [0.4, 0.5) is 0 Å². The molecule has 1 N–H and O–H groups in total. The number of ether oxygens (including phenoxy) is 1. The maximum Gasteiger partial charge on any atom is 0.106 e. The van der Waals surface area contributed by atoms with E-state index in [2.05, 4.69) is 24.2 Å². The average Bonchev–Trinajstić information content (AvgIpc) is 2.83. The number of aryl methyl sites for hydroxylation is 1. The lowest BCUT2D eigenvalue weighted by atomic mass is 10.2. The summed E-state index contributed by atoms with van der Waals surface area (Å²) in [6.07, 6.45) is 0.898. The minimum atomic E-state index is -0.664. The van der Waals surface area contributed by atoms with Crippen molar-refractivity contribution in [2.45, 2.75) is 24.5 Å². The number of hydrogen-bond donors (Lipinski definition) is 1. The van der Waals surface area contributed by atoms with E-state index in [-0.39, 0.29) is 0 Å². The molecule has 0 spiro atoms. The van der Waals surface area contributed by atoms with Crippen molar-refractivity contribution < 1.29 is 9.84 Å². The van der Waals surface area contributed by atoms with Gasteiger partial charge in [0.1, 0.15) is 6.10 Å². The lowest BCUT2D eigenvalue weighted by Crippen LogP contribution is -2.14. The van der Waals surface area contributed by atoms with Crippen LogP contribution in [0.15, 0.2) is 35.4 Å². The fraction of sp³-hybridized carbons (Fsp3) is 0.400. The highest BCUT2D eigenvalue weighted by molar-refractivity contribution is 7.99. The van der Waals surface area contributed by atoms with E-state index in [0.717, 1.165) is 4.90 Å². The number of thioether (sulfide) groups is 1. The second-order valence-electron chi connectivity index (χ2n) is 4.74. The van der Waals surface area contributed by atoms with Gasteiger partial charge in [-0.1, -0.05) is 29.3 Å². The molecule has 0 aliphatic carbocycles. The minimum absolute atomic E-state index is 0.489. The zero-order valence-corrected chi connectivity index (χ0v) is 13.7. The molecule has 1 unspecified atom stereocenters. The van der Waals surface area contributed by atoms with Crippen LogP contribution >= 0.6 is 23.4 Å². The molecule has 21 heavy (non-hydrogen) atoms. The standard InChI is InChI=1S/C15H19ClN2O2S/c1-11-4-3-5-12(8-11)21-10-14(19)15-13(16)9-17-18(15)6-7-20-2/h3-5,8-9,14,19H,6-7,10H2,1-2H3. The summed E-state index contributed by atoms with van der Waals surface area (Å²) in [5.74, 6) is 0.530. The van der Waals surface area contributed by atoms with Gasteiger partial charge in [0.05, 0.1) is 30.1 Å². The number of aliphatic hydroxyl groups is 1. The first kappa shape index (κ1) is 16.4. The molecule has 1 aromatic heterocycles. The van der Waals surface area contributed by atoms with Crippen molar-refractivity contribution >= 4 is 23.4 Å².